The summed E-state index contributed by atoms with van der Waals surface area (Å²) in [7, 11) is 1.53. The molecule has 0 spiro atoms. The number of hydrogen-bond acceptors (Lipinski definition) is 5. The molecule has 6 heteroatoms. The number of carbonyl (C=O) groups excluding carboxylic acids is 1. The Morgan fingerprint density at radius 3 is 2.71 bits per heavy atom. The van der Waals surface area contributed by atoms with Crippen molar-refractivity contribution < 1.29 is 14.6 Å². The van der Waals surface area contributed by atoms with E-state index in [0.717, 1.165) is 32.4 Å². The molecule has 1 aromatic carbocycles. The molecule has 3 aliphatic rings. The van der Waals surface area contributed by atoms with Gasteiger partial charge in [-0.15, -0.1) is 0 Å². The fraction of sp³-hybridized carbons (Fsp3) is 0.682. The van der Waals surface area contributed by atoms with Crippen molar-refractivity contribution in [3.05, 3.63) is 29.3 Å². The largest absolute Gasteiger partial charge is 0.390 e. The number of carbonyl (C=O) groups is 1. The molecule has 0 saturated carbocycles. The number of rotatable bonds is 5. The molecule has 1 amide bonds. The second-order valence-electron chi connectivity index (χ2n) is 8.47. The molecule has 6 nitrogen and oxygen atoms in total. The molecule has 1 aliphatic carbocycles. The number of aliphatic hydroxyl groups is 1. The Labute approximate surface area is 167 Å². The quantitative estimate of drug-likeness (QED) is 0.798. The first-order valence-corrected chi connectivity index (χ1v) is 10.7. The lowest BCUT2D eigenvalue weighted by Crippen LogP contribution is -2.57. The molecule has 4 rings (SSSR count). The number of nitrogens with one attached hydrogen (secondary N) is 1. The number of methoxy groups -OCH3 is 1. The van der Waals surface area contributed by atoms with Gasteiger partial charge in [0.25, 0.3) is 0 Å². The summed E-state index contributed by atoms with van der Waals surface area (Å²) in [5.74, 6) is -0.0392. The lowest BCUT2D eigenvalue weighted by Gasteiger charge is -2.40. The first kappa shape index (κ1) is 19.7. The van der Waals surface area contributed by atoms with Gasteiger partial charge in [0.05, 0.1) is 6.10 Å². The molecule has 2 saturated heterocycles. The SMILES string of the molecule is COCC(=O)N1CC[C@@H](NC2CCN(c3ccc4c(c3)CCC4)CC2)[C@H](O)C1. The van der Waals surface area contributed by atoms with Gasteiger partial charge in [-0.2, -0.15) is 0 Å². The first-order chi connectivity index (χ1) is 13.6. The monoisotopic (exact) mass is 387 g/mol. The van der Waals surface area contributed by atoms with Gasteiger partial charge in [0.1, 0.15) is 6.61 Å². The molecule has 2 N–H and O–H groups in total. The minimum atomic E-state index is -0.510. The summed E-state index contributed by atoms with van der Waals surface area (Å²) in [6, 6.07) is 7.51. The number of ether oxygens (including phenoxy) is 1. The van der Waals surface area contributed by atoms with E-state index in [9.17, 15) is 9.90 Å². The van der Waals surface area contributed by atoms with Crippen molar-refractivity contribution in [2.45, 2.75) is 56.7 Å². The van der Waals surface area contributed by atoms with Gasteiger partial charge in [-0.3, -0.25) is 4.79 Å². The summed E-state index contributed by atoms with van der Waals surface area (Å²) >= 11 is 0. The van der Waals surface area contributed by atoms with Gasteiger partial charge >= 0.3 is 0 Å². The molecule has 2 fully saturated rings. The molecule has 2 aliphatic heterocycles. The van der Waals surface area contributed by atoms with E-state index in [1.165, 1.54) is 43.2 Å². The van der Waals surface area contributed by atoms with Gasteiger partial charge in [0.15, 0.2) is 0 Å². The van der Waals surface area contributed by atoms with Gasteiger partial charge in [0.2, 0.25) is 5.91 Å². The standard InChI is InChI=1S/C22H33N3O3/c1-28-15-22(27)25-12-9-20(21(26)14-25)23-18-7-10-24(11-8-18)19-6-5-16-3-2-4-17(16)13-19/h5-6,13,18,20-21,23,26H,2-4,7-12,14-15H2,1H3/t20-,21-/m1/s1. The van der Waals surface area contributed by atoms with E-state index in [2.05, 4.69) is 28.4 Å². The highest BCUT2D eigenvalue weighted by atomic mass is 16.5. The number of aliphatic hydroxyl groups excluding tert-OH is 1. The predicted octanol–water partition coefficient (Wildman–Crippen LogP) is 1.34. The van der Waals surface area contributed by atoms with Crippen molar-refractivity contribution >= 4 is 11.6 Å². The van der Waals surface area contributed by atoms with Crippen molar-refractivity contribution in [2.75, 3.05) is 44.8 Å². The van der Waals surface area contributed by atoms with Crippen molar-refractivity contribution in [1.82, 2.24) is 10.2 Å². The highest BCUT2D eigenvalue weighted by Crippen LogP contribution is 2.28. The van der Waals surface area contributed by atoms with Crippen LogP contribution in [0.1, 0.15) is 36.8 Å². The number of benzene rings is 1. The molecular formula is C22H33N3O3. The van der Waals surface area contributed by atoms with E-state index < -0.39 is 6.10 Å². The van der Waals surface area contributed by atoms with Crippen LogP contribution < -0.4 is 10.2 Å². The fourth-order valence-electron chi connectivity index (χ4n) is 4.93. The second kappa shape index (κ2) is 8.80. The summed E-state index contributed by atoms with van der Waals surface area (Å²) in [6.07, 6.45) is 6.22. The van der Waals surface area contributed by atoms with Crippen molar-refractivity contribution in [3.63, 3.8) is 0 Å². The molecule has 2 heterocycles. The Bertz CT molecular complexity index is 688. The molecule has 0 unspecified atom stereocenters. The Morgan fingerprint density at radius 1 is 1.18 bits per heavy atom. The third kappa shape index (κ3) is 4.34. The zero-order valence-electron chi connectivity index (χ0n) is 16.9. The maximum Gasteiger partial charge on any atom is 0.248 e. The summed E-state index contributed by atoms with van der Waals surface area (Å²) in [4.78, 5) is 16.2. The van der Waals surface area contributed by atoms with Crippen LogP contribution in [0.2, 0.25) is 0 Å². The maximum atomic E-state index is 11.9. The number of nitrogens with zero attached hydrogens (tertiary/aromatic N) is 2. The molecule has 0 bridgehead atoms. The summed E-state index contributed by atoms with van der Waals surface area (Å²) in [5, 5.41) is 14.2. The Kier molecular flexibility index (Phi) is 6.19. The normalized spacial score (nSPS) is 25.8. The number of hydrogen-bond donors (Lipinski definition) is 2. The number of aryl methyl sites for hydroxylation is 2. The second-order valence-corrected chi connectivity index (χ2v) is 8.47. The van der Waals surface area contributed by atoms with Crippen LogP contribution >= 0.6 is 0 Å². The lowest BCUT2D eigenvalue weighted by atomic mass is 9.97. The third-order valence-electron chi connectivity index (χ3n) is 6.59. The summed E-state index contributed by atoms with van der Waals surface area (Å²) < 4.78 is 4.92. The lowest BCUT2D eigenvalue weighted by molar-refractivity contribution is -0.138. The Hall–Kier alpha value is -1.63. The van der Waals surface area contributed by atoms with Crippen LogP contribution in [-0.4, -0.2) is 74.0 Å². The minimum Gasteiger partial charge on any atom is -0.390 e. The van der Waals surface area contributed by atoms with Crippen LogP contribution in [0.4, 0.5) is 5.69 Å². The fourth-order valence-corrected chi connectivity index (χ4v) is 4.93. The van der Waals surface area contributed by atoms with E-state index in [4.69, 9.17) is 4.74 Å². The van der Waals surface area contributed by atoms with Gasteiger partial charge in [-0.05, 0) is 61.8 Å². The number of β-amino-alcohol motifs (C(OH)–C–C–N with tert-alkyl or cyclic N) is 1. The molecule has 2 atom stereocenters. The number of amides is 1. The molecular weight excluding hydrogens is 354 g/mol. The van der Waals surface area contributed by atoms with Crippen molar-refractivity contribution in [2.24, 2.45) is 0 Å². The molecule has 0 aromatic heterocycles. The third-order valence-corrected chi connectivity index (χ3v) is 6.59. The van der Waals surface area contributed by atoms with Crippen molar-refractivity contribution in [1.29, 1.82) is 0 Å². The topological polar surface area (TPSA) is 65.0 Å². The summed E-state index contributed by atoms with van der Waals surface area (Å²) in [5.41, 5.74) is 4.43. The van der Waals surface area contributed by atoms with Gasteiger partial charge in [0, 0.05) is 51.1 Å². The van der Waals surface area contributed by atoms with Crippen LogP contribution in [0, 0.1) is 0 Å². The average molecular weight is 388 g/mol. The number of likely N-dealkylation sites (tertiary alicyclic amines) is 1. The zero-order chi connectivity index (χ0) is 19.5. The van der Waals surface area contributed by atoms with E-state index >= 15 is 0 Å². The zero-order valence-corrected chi connectivity index (χ0v) is 16.9. The number of piperidine rings is 2. The average Bonchev–Trinajstić information content (AvgIpc) is 3.18. The Morgan fingerprint density at radius 2 is 1.96 bits per heavy atom. The van der Waals surface area contributed by atoms with Crippen LogP contribution in [0.25, 0.3) is 0 Å². The predicted molar refractivity (Wildman–Crippen MR) is 110 cm³/mol. The van der Waals surface area contributed by atoms with Crippen LogP contribution in [0.15, 0.2) is 18.2 Å². The Balaban J connectivity index is 1.25. The molecule has 154 valence electrons. The highest BCUT2D eigenvalue weighted by Gasteiger charge is 2.32. The first-order valence-electron chi connectivity index (χ1n) is 10.7. The van der Waals surface area contributed by atoms with Gasteiger partial charge in [-0.25, -0.2) is 0 Å². The van der Waals surface area contributed by atoms with Gasteiger partial charge < -0.3 is 25.0 Å². The van der Waals surface area contributed by atoms with E-state index in [1.54, 1.807) is 4.90 Å². The van der Waals surface area contributed by atoms with E-state index in [0.29, 0.717) is 19.1 Å². The van der Waals surface area contributed by atoms with Crippen LogP contribution in [-0.2, 0) is 22.4 Å². The molecule has 0 radical (unpaired) electrons. The van der Waals surface area contributed by atoms with Crippen LogP contribution in [0.5, 0.6) is 0 Å². The maximum absolute atomic E-state index is 11.9. The van der Waals surface area contributed by atoms with E-state index in [1.807, 2.05) is 0 Å². The molecule has 1 aromatic rings. The molecule has 28 heavy (non-hydrogen) atoms. The smallest absolute Gasteiger partial charge is 0.248 e. The number of anilines is 1. The van der Waals surface area contributed by atoms with Crippen molar-refractivity contribution in [3.8, 4) is 0 Å². The van der Waals surface area contributed by atoms with Crippen LogP contribution in [0.3, 0.4) is 0 Å². The van der Waals surface area contributed by atoms with Gasteiger partial charge in [-0.1, -0.05) is 6.07 Å². The van der Waals surface area contributed by atoms with E-state index in [-0.39, 0.29) is 18.6 Å². The highest BCUT2D eigenvalue weighted by molar-refractivity contribution is 5.77. The summed E-state index contributed by atoms with van der Waals surface area (Å²) in [6.45, 7) is 3.28. The minimum absolute atomic E-state index is 0.0392. The number of fused-ring (bicyclic) bond motifs is 1.